The second-order valence-corrected chi connectivity index (χ2v) is 6.21. The lowest BCUT2D eigenvalue weighted by Gasteiger charge is -2.28. The van der Waals surface area contributed by atoms with Crippen molar-refractivity contribution in [3.8, 4) is 5.75 Å². The molecule has 0 atom stereocenters. The Hall–Kier alpha value is -2.94. The third-order valence-corrected chi connectivity index (χ3v) is 4.03. The second kappa shape index (κ2) is 6.89. The summed E-state index contributed by atoms with van der Waals surface area (Å²) in [6.45, 7) is -0.200. The number of hydrogen-bond acceptors (Lipinski definition) is 6. The molecule has 0 aliphatic carbocycles. The minimum atomic E-state index is -0.579. The Labute approximate surface area is 150 Å². The van der Waals surface area contributed by atoms with Crippen LogP contribution in [0.4, 0.5) is 17.1 Å². The van der Waals surface area contributed by atoms with E-state index in [4.69, 9.17) is 4.74 Å². The smallest absolute Gasteiger partial charge is 0.331 e. The van der Waals surface area contributed by atoms with Gasteiger partial charge in [-0.3, -0.25) is 14.9 Å². The van der Waals surface area contributed by atoms with Gasteiger partial charge < -0.3 is 15.0 Å². The molecule has 0 spiro atoms. The molecule has 0 saturated carbocycles. The summed E-state index contributed by atoms with van der Waals surface area (Å²) in [7, 11) is 0. The molecule has 1 heterocycles. The Morgan fingerprint density at radius 1 is 1.28 bits per heavy atom. The fourth-order valence-corrected chi connectivity index (χ4v) is 2.67. The summed E-state index contributed by atoms with van der Waals surface area (Å²) in [5.41, 5.74) is 0.889. The highest BCUT2D eigenvalue weighted by Crippen LogP contribution is 2.35. The van der Waals surface area contributed by atoms with Crippen molar-refractivity contribution in [2.45, 2.75) is 0 Å². The number of nitro benzene ring substituents is 1. The first-order chi connectivity index (χ1) is 11.9. The molecule has 1 aliphatic rings. The van der Waals surface area contributed by atoms with Crippen molar-refractivity contribution in [3.63, 3.8) is 0 Å². The monoisotopic (exact) mass is 405 g/mol. The molecule has 2 aromatic rings. The van der Waals surface area contributed by atoms with Crippen LogP contribution < -0.4 is 15.0 Å². The molecular weight excluding hydrogens is 394 g/mol. The summed E-state index contributed by atoms with van der Waals surface area (Å²) in [5, 5.41) is 13.6. The number of hydrogen-bond donors (Lipinski definition) is 1. The lowest BCUT2D eigenvalue weighted by molar-refractivity contribution is -0.384. The van der Waals surface area contributed by atoms with Crippen LogP contribution in [0.1, 0.15) is 0 Å². The van der Waals surface area contributed by atoms with Gasteiger partial charge in [-0.1, -0.05) is 15.9 Å². The molecule has 0 unspecified atom stereocenters. The van der Waals surface area contributed by atoms with Gasteiger partial charge in [-0.15, -0.1) is 0 Å². The van der Waals surface area contributed by atoms with Gasteiger partial charge >= 0.3 is 5.97 Å². The van der Waals surface area contributed by atoms with Crippen molar-refractivity contribution >= 4 is 44.9 Å². The van der Waals surface area contributed by atoms with E-state index in [0.717, 1.165) is 4.47 Å². The summed E-state index contributed by atoms with van der Waals surface area (Å²) in [6, 6.07) is 11.0. The van der Waals surface area contributed by atoms with E-state index in [2.05, 4.69) is 21.2 Å². The Bertz CT molecular complexity index is 853. The fraction of sp³-hybridized carbons (Fsp3) is 0.125. The first-order valence-corrected chi connectivity index (χ1v) is 8.01. The van der Waals surface area contributed by atoms with Gasteiger partial charge in [0.2, 0.25) is 5.91 Å². The summed E-state index contributed by atoms with van der Waals surface area (Å²) >= 11 is 3.31. The summed E-state index contributed by atoms with van der Waals surface area (Å²) in [4.78, 5) is 35.7. The molecule has 9 heteroatoms. The number of nitrogens with one attached hydrogen (secondary N) is 1. The van der Waals surface area contributed by atoms with Gasteiger partial charge in [0.15, 0.2) is 5.75 Å². The SMILES string of the molecule is O=C(CN1CC(=O)Oc2cc([N+](=O)[O-])ccc21)Nc1ccc(Br)cc1. The maximum absolute atomic E-state index is 12.2. The van der Waals surface area contributed by atoms with E-state index in [1.807, 2.05) is 0 Å². The Morgan fingerprint density at radius 3 is 2.68 bits per heavy atom. The molecule has 0 saturated heterocycles. The molecule has 0 radical (unpaired) electrons. The van der Waals surface area contributed by atoms with Crippen molar-refractivity contribution in [1.82, 2.24) is 0 Å². The van der Waals surface area contributed by atoms with E-state index in [9.17, 15) is 19.7 Å². The first kappa shape index (κ1) is 16.9. The predicted octanol–water partition coefficient (Wildman–Crippen LogP) is 2.72. The topological polar surface area (TPSA) is 102 Å². The van der Waals surface area contributed by atoms with Gasteiger partial charge in [0, 0.05) is 16.2 Å². The van der Waals surface area contributed by atoms with Gasteiger partial charge in [-0.2, -0.15) is 0 Å². The van der Waals surface area contributed by atoms with E-state index in [1.54, 1.807) is 24.3 Å². The largest absolute Gasteiger partial charge is 0.423 e. The van der Waals surface area contributed by atoms with Crippen molar-refractivity contribution in [2.24, 2.45) is 0 Å². The zero-order valence-electron chi connectivity index (χ0n) is 12.8. The van der Waals surface area contributed by atoms with Gasteiger partial charge in [-0.25, -0.2) is 4.79 Å². The quantitative estimate of drug-likeness (QED) is 0.363. The predicted molar refractivity (Wildman–Crippen MR) is 93.7 cm³/mol. The van der Waals surface area contributed by atoms with Crippen LogP contribution in [0, 0.1) is 10.1 Å². The molecule has 2 aromatic carbocycles. The Morgan fingerprint density at radius 2 is 2.00 bits per heavy atom. The number of anilines is 2. The van der Waals surface area contributed by atoms with Gasteiger partial charge in [0.1, 0.15) is 6.54 Å². The number of halogens is 1. The lowest BCUT2D eigenvalue weighted by atomic mass is 10.2. The number of carbonyl (C=O) groups is 2. The van der Waals surface area contributed by atoms with Crippen molar-refractivity contribution < 1.29 is 19.2 Å². The van der Waals surface area contributed by atoms with Crippen LogP contribution in [0.15, 0.2) is 46.9 Å². The number of rotatable bonds is 4. The molecule has 25 heavy (non-hydrogen) atoms. The highest BCUT2D eigenvalue weighted by atomic mass is 79.9. The highest BCUT2D eigenvalue weighted by molar-refractivity contribution is 9.10. The number of non-ortho nitro benzene ring substituents is 1. The number of carbonyl (C=O) groups excluding carboxylic acids is 2. The van der Waals surface area contributed by atoms with E-state index < -0.39 is 10.9 Å². The minimum absolute atomic E-state index is 0.0712. The molecule has 0 aromatic heterocycles. The van der Waals surface area contributed by atoms with Crippen LogP contribution >= 0.6 is 15.9 Å². The van der Waals surface area contributed by atoms with Crippen molar-refractivity contribution in [2.75, 3.05) is 23.3 Å². The standard InChI is InChI=1S/C16H12BrN3O5/c17-10-1-3-11(4-2-10)18-15(21)8-19-9-16(22)25-14-7-12(20(23)24)5-6-13(14)19/h1-7H,8-9H2,(H,18,21). The van der Waals surface area contributed by atoms with Gasteiger partial charge in [-0.05, 0) is 30.3 Å². The average Bonchev–Trinajstić information content (AvgIpc) is 2.56. The number of nitro groups is 1. The van der Waals surface area contributed by atoms with Crippen LogP contribution in [-0.4, -0.2) is 29.9 Å². The van der Waals surface area contributed by atoms with E-state index in [1.165, 1.54) is 23.1 Å². The zero-order chi connectivity index (χ0) is 18.0. The number of amides is 1. The summed E-state index contributed by atoms with van der Waals surface area (Å²) in [6.07, 6.45) is 0. The van der Waals surface area contributed by atoms with Crippen molar-refractivity contribution in [3.05, 3.63) is 57.1 Å². The molecule has 128 valence electrons. The van der Waals surface area contributed by atoms with Gasteiger partial charge in [0.25, 0.3) is 5.69 Å². The number of fused-ring (bicyclic) bond motifs is 1. The number of ether oxygens (including phenoxy) is 1. The third-order valence-electron chi connectivity index (χ3n) is 3.50. The fourth-order valence-electron chi connectivity index (χ4n) is 2.40. The van der Waals surface area contributed by atoms with Crippen LogP contribution in [-0.2, 0) is 9.59 Å². The number of esters is 1. The maximum atomic E-state index is 12.2. The average molecular weight is 406 g/mol. The third kappa shape index (κ3) is 3.94. The molecular formula is C16H12BrN3O5. The van der Waals surface area contributed by atoms with Crippen LogP contribution in [0.25, 0.3) is 0 Å². The molecule has 1 aliphatic heterocycles. The van der Waals surface area contributed by atoms with Crippen LogP contribution in [0.3, 0.4) is 0 Å². The van der Waals surface area contributed by atoms with Gasteiger partial charge in [0.05, 0.1) is 23.2 Å². The van der Waals surface area contributed by atoms with E-state index in [-0.39, 0.29) is 30.4 Å². The normalized spacial score (nSPS) is 13.0. The molecule has 0 bridgehead atoms. The van der Waals surface area contributed by atoms with Crippen LogP contribution in [0.5, 0.6) is 5.75 Å². The Kier molecular flexibility index (Phi) is 4.66. The maximum Gasteiger partial charge on any atom is 0.331 e. The van der Waals surface area contributed by atoms with E-state index >= 15 is 0 Å². The number of nitrogens with zero attached hydrogens (tertiary/aromatic N) is 2. The van der Waals surface area contributed by atoms with Crippen LogP contribution in [0.2, 0.25) is 0 Å². The number of benzene rings is 2. The van der Waals surface area contributed by atoms with E-state index in [0.29, 0.717) is 11.4 Å². The minimum Gasteiger partial charge on any atom is -0.423 e. The molecule has 8 nitrogen and oxygen atoms in total. The molecule has 1 amide bonds. The molecule has 3 rings (SSSR count). The first-order valence-electron chi connectivity index (χ1n) is 7.22. The molecule has 0 fully saturated rings. The highest BCUT2D eigenvalue weighted by Gasteiger charge is 2.27. The summed E-state index contributed by atoms with van der Waals surface area (Å²) in [5.74, 6) is -0.826. The zero-order valence-corrected chi connectivity index (χ0v) is 14.4. The summed E-state index contributed by atoms with van der Waals surface area (Å²) < 4.78 is 5.93. The lowest BCUT2D eigenvalue weighted by Crippen LogP contribution is -2.41. The Balaban J connectivity index is 1.76. The van der Waals surface area contributed by atoms with Crippen molar-refractivity contribution in [1.29, 1.82) is 0 Å². The second-order valence-electron chi connectivity index (χ2n) is 5.29. The molecule has 1 N–H and O–H groups in total.